The van der Waals surface area contributed by atoms with Crippen LogP contribution in [0.5, 0.6) is 17.2 Å². The first-order valence-electron chi connectivity index (χ1n) is 8.05. The monoisotopic (exact) mass is 389 g/mol. The molecular formula is C18H19N3O5S. The Morgan fingerprint density at radius 1 is 1.19 bits per heavy atom. The van der Waals surface area contributed by atoms with E-state index < -0.39 is 0 Å². The number of methoxy groups -OCH3 is 3. The van der Waals surface area contributed by atoms with Crippen LogP contribution in [0.15, 0.2) is 34.7 Å². The lowest BCUT2D eigenvalue weighted by Crippen LogP contribution is -2.32. The van der Waals surface area contributed by atoms with E-state index in [9.17, 15) is 9.59 Å². The lowest BCUT2D eigenvalue weighted by atomic mass is 10.1. The molecule has 1 amide bonds. The summed E-state index contributed by atoms with van der Waals surface area (Å²) in [5.74, 6) is 1.19. The van der Waals surface area contributed by atoms with Crippen molar-refractivity contribution in [1.82, 2.24) is 14.9 Å². The van der Waals surface area contributed by atoms with Crippen molar-refractivity contribution in [3.8, 4) is 17.2 Å². The van der Waals surface area contributed by atoms with Crippen molar-refractivity contribution >= 4 is 27.5 Å². The third kappa shape index (κ3) is 3.87. The lowest BCUT2D eigenvalue weighted by molar-refractivity contribution is -0.121. The number of amides is 1. The van der Waals surface area contributed by atoms with Crippen molar-refractivity contribution in [3.05, 3.63) is 45.8 Å². The Morgan fingerprint density at radius 2 is 1.89 bits per heavy atom. The number of hydrogen-bond donors (Lipinski definition) is 1. The van der Waals surface area contributed by atoms with Gasteiger partial charge in [-0.05, 0) is 29.1 Å². The molecule has 0 aliphatic heterocycles. The average molecular weight is 389 g/mol. The zero-order chi connectivity index (χ0) is 19.4. The van der Waals surface area contributed by atoms with Crippen LogP contribution in [0, 0.1) is 0 Å². The van der Waals surface area contributed by atoms with Gasteiger partial charge in [-0.3, -0.25) is 14.2 Å². The molecule has 0 saturated heterocycles. The Bertz CT molecular complexity index is 1000. The molecule has 0 fully saturated rings. The second-order valence-corrected chi connectivity index (χ2v) is 6.52. The molecule has 1 aromatic carbocycles. The second kappa shape index (κ2) is 8.09. The van der Waals surface area contributed by atoms with Gasteiger partial charge in [-0.15, -0.1) is 11.3 Å². The van der Waals surface area contributed by atoms with Crippen molar-refractivity contribution in [2.45, 2.75) is 13.1 Å². The van der Waals surface area contributed by atoms with E-state index in [2.05, 4.69) is 10.3 Å². The van der Waals surface area contributed by atoms with Gasteiger partial charge in [0.2, 0.25) is 11.7 Å². The first-order chi connectivity index (χ1) is 13.1. The molecule has 0 spiro atoms. The first-order valence-corrected chi connectivity index (χ1v) is 8.93. The molecule has 2 aromatic heterocycles. The summed E-state index contributed by atoms with van der Waals surface area (Å²) in [7, 11) is 4.58. The van der Waals surface area contributed by atoms with Gasteiger partial charge in [-0.1, -0.05) is 0 Å². The number of carbonyl (C=O) groups is 1. The molecule has 0 atom stereocenters. The summed E-state index contributed by atoms with van der Waals surface area (Å²) in [5.41, 5.74) is 0.542. The smallest absolute Gasteiger partial charge is 0.262 e. The van der Waals surface area contributed by atoms with Crippen LogP contribution < -0.4 is 25.1 Å². The number of rotatable bonds is 7. The maximum Gasteiger partial charge on any atom is 0.262 e. The van der Waals surface area contributed by atoms with Crippen LogP contribution in [0.25, 0.3) is 10.2 Å². The van der Waals surface area contributed by atoms with Gasteiger partial charge in [0, 0.05) is 6.54 Å². The summed E-state index contributed by atoms with van der Waals surface area (Å²) in [4.78, 5) is 29.5. The zero-order valence-corrected chi connectivity index (χ0v) is 16.0. The molecule has 27 heavy (non-hydrogen) atoms. The van der Waals surface area contributed by atoms with Crippen LogP contribution in [0.1, 0.15) is 5.56 Å². The second-order valence-electron chi connectivity index (χ2n) is 5.63. The highest BCUT2D eigenvalue weighted by molar-refractivity contribution is 7.16. The molecule has 0 bridgehead atoms. The molecule has 9 heteroatoms. The van der Waals surface area contributed by atoms with E-state index in [-0.39, 0.29) is 24.6 Å². The SMILES string of the molecule is COc1cc(CNC(=O)Cn2cnc3sccc3c2=O)cc(OC)c1OC. The molecular weight excluding hydrogens is 370 g/mol. The van der Waals surface area contributed by atoms with E-state index in [1.165, 1.54) is 43.6 Å². The van der Waals surface area contributed by atoms with Gasteiger partial charge < -0.3 is 19.5 Å². The minimum Gasteiger partial charge on any atom is -0.493 e. The Kier molecular flexibility index (Phi) is 5.60. The maximum absolute atomic E-state index is 12.3. The van der Waals surface area contributed by atoms with Crippen molar-refractivity contribution < 1.29 is 19.0 Å². The predicted molar refractivity (Wildman–Crippen MR) is 102 cm³/mol. The number of nitrogens with one attached hydrogen (secondary N) is 1. The van der Waals surface area contributed by atoms with E-state index >= 15 is 0 Å². The van der Waals surface area contributed by atoms with Gasteiger partial charge >= 0.3 is 0 Å². The van der Waals surface area contributed by atoms with Crippen LogP contribution in [-0.2, 0) is 17.9 Å². The molecule has 3 aromatic rings. The standard InChI is InChI=1S/C18H19N3O5S/c1-24-13-6-11(7-14(25-2)16(13)26-3)8-19-15(22)9-21-10-20-17-12(18(21)23)4-5-27-17/h4-7,10H,8-9H2,1-3H3,(H,19,22). The topological polar surface area (TPSA) is 91.7 Å². The Balaban J connectivity index is 1.71. The highest BCUT2D eigenvalue weighted by Gasteiger charge is 2.14. The number of aromatic nitrogens is 2. The van der Waals surface area contributed by atoms with Gasteiger partial charge in [0.05, 0.1) is 33.0 Å². The van der Waals surface area contributed by atoms with E-state index in [0.717, 1.165) is 5.56 Å². The molecule has 0 saturated carbocycles. The number of hydrogen-bond acceptors (Lipinski definition) is 7. The minimum absolute atomic E-state index is 0.109. The van der Waals surface area contributed by atoms with Crippen LogP contribution in [0.4, 0.5) is 0 Å². The van der Waals surface area contributed by atoms with Crippen LogP contribution in [-0.4, -0.2) is 36.8 Å². The third-order valence-electron chi connectivity index (χ3n) is 3.98. The molecule has 0 radical (unpaired) electrons. The van der Waals surface area contributed by atoms with E-state index in [1.807, 2.05) is 0 Å². The Hall–Kier alpha value is -3.07. The number of thiophene rings is 1. The predicted octanol–water partition coefficient (Wildman–Crippen LogP) is 1.80. The molecule has 3 rings (SSSR count). The van der Waals surface area contributed by atoms with E-state index in [0.29, 0.717) is 27.5 Å². The summed E-state index contributed by atoms with van der Waals surface area (Å²) in [5, 5.41) is 5.09. The van der Waals surface area contributed by atoms with Gasteiger partial charge in [0.15, 0.2) is 11.5 Å². The van der Waals surface area contributed by atoms with Gasteiger partial charge in [-0.25, -0.2) is 4.98 Å². The van der Waals surface area contributed by atoms with E-state index in [1.54, 1.807) is 23.6 Å². The van der Waals surface area contributed by atoms with Crippen LogP contribution in [0.3, 0.4) is 0 Å². The third-order valence-corrected chi connectivity index (χ3v) is 4.80. The summed E-state index contributed by atoms with van der Waals surface area (Å²) < 4.78 is 17.2. The van der Waals surface area contributed by atoms with Crippen molar-refractivity contribution in [3.63, 3.8) is 0 Å². The van der Waals surface area contributed by atoms with Crippen LogP contribution in [0.2, 0.25) is 0 Å². The van der Waals surface area contributed by atoms with Gasteiger partial charge in [0.1, 0.15) is 11.4 Å². The summed E-state index contributed by atoms with van der Waals surface area (Å²) in [6.07, 6.45) is 1.39. The van der Waals surface area contributed by atoms with Gasteiger partial charge in [0.25, 0.3) is 5.56 Å². The zero-order valence-electron chi connectivity index (χ0n) is 15.1. The number of fused-ring (bicyclic) bond motifs is 1. The van der Waals surface area contributed by atoms with Crippen molar-refractivity contribution in [2.24, 2.45) is 0 Å². The highest BCUT2D eigenvalue weighted by atomic mass is 32.1. The quantitative estimate of drug-likeness (QED) is 0.663. The fraction of sp³-hybridized carbons (Fsp3) is 0.278. The first kappa shape index (κ1) is 18.7. The summed E-state index contributed by atoms with van der Waals surface area (Å²) in [6, 6.07) is 5.22. The molecule has 142 valence electrons. The molecule has 8 nitrogen and oxygen atoms in total. The summed E-state index contributed by atoms with van der Waals surface area (Å²) in [6.45, 7) is 0.139. The normalized spacial score (nSPS) is 10.6. The maximum atomic E-state index is 12.3. The molecule has 2 heterocycles. The molecule has 1 N–H and O–H groups in total. The van der Waals surface area contributed by atoms with Crippen LogP contribution >= 0.6 is 11.3 Å². The number of carbonyl (C=O) groups excluding carboxylic acids is 1. The molecule has 0 aliphatic carbocycles. The molecule has 0 unspecified atom stereocenters. The molecule has 0 aliphatic rings. The fourth-order valence-corrected chi connectivity index (χ4v) is 3.38. The van der Waals surface area contributed by atoms with Gasteiger partial charge in [-0.2, -0.15) is 0 Å². The summed E-state index contributed by atoms with van der Waals surface area (Å²) >= 11 is 1.39. The Labute approximate surface area is 159 Å². The number of ether oxygens (including phenoxy) is 3. The largest absolute Gasteiger partial charge is 0.493 e. The minimum atomic E-state index is -0.303. The Morgan fingerprint density at radius 3 is 2.52 bits per heavy atom. The van der Waals surface area contributed by atoms with Crippen molar-refractivity contribution in [2.75, 3.05) is 21.3 Å². The van der Waals surface area contributed by atoms with E-state index in [4.69, 9.17) is 14.2 Å². The average Bonchev–Trinajstić information content (AvgIpc) is 3.17. The lowest BCUT2D eigenvalue weighted by Gasteiger charge is -2.14. The number of benzene rings is 1. The highest BCUT2D eigenvalue weighted by Crippen LogP contribution is 2.38. The fourth-order valence-electron chi connectivity index (χ4n) is 2.65. The number of nitrogens with zero attached hydrogens (tertiary/aromatic N) is 2. The van der Waals surface area contributed by atoms with Crippen molar-refractivity contribution in [1.29, 1.82) is 0 Å².